The first-order valence-corrected chi connectivity index (χ1v) is 6.39. The minimum Gasteiger partial charge on any atom is -0.505 e. The van der Waals surface area contributed by atoms with Crippen LogP contribution in [0.3, 0.4) is 0 Å². The molecule has 2 heterocycles. The molecule has 0 unspecified atom stereocenters. The summed E-state index contributed by atoms with van der Waals surface area (Å²) in [5.41, 5.74) is 0.827. The lowest BCUT2D eigenvalue weighted by molar-refractivity contribution is 0.103. The highest BCUT2D eigenvalue weighted by molar-refractivity contribution is 6.42. The first-order valence-electron chi connectivity index (χ1n) is 5.63. The molecule has 1 N–H and O–H groups in total. The number of carbonyl (C=O) groups excluding carboxylic acids is 1. The van der Waals surface area contributed by atoms with E-state index >= 15 is 0 Å². The van der Waals surface area contributed by atoms with Gasteiger partial charge in [-0.1, -0.05) is 29.3 Å². The Morgan fingerprint density at radius 2 is 2.10 bits per heavy atom. The predicted octanol–water partition coefficient (Wildman–Crippen LogP) is 4.07. The molecule has 0 aliphatic heterocycles. The highest BCUT2D eigenvalue weighted by atomic mass is 35.5. The summed E-state index contributed by atoms with van der Waals surface area (Å²) in [6, 6.07) is 6.42. The van der Waals surface area contributed by atoms with Gasteiger partial charge in [-0.15, -0.1) is 0 Å². The van der Waals surface area contributed by atoms with E-state index in [0.29, 0.717) is 11.0 Å². The SMILES string of the molecule is O=C(c1ccccn1)c1coc2cc(Cl)c(O)c(Cl)c12. The molecule has 6 heteroatoms. The van der Waals surface area contributed by atoms with Crippen molar-refractivity contribution >= 4 is 40.0 Å². The van der Waals surface area contributed by atoms with Gasteiger partial charge in [0.15, 0.2) is 5.75 Å². The largest absolute Gasteiger partial charge is 0.505 e. The van der Waals surface area contributed by atoms with Crippen LogP contribution in [0.1, 0.15) is 16.1 Å². The van der Waals surface area contributed by atoms with Crippen molar-refractivity contribution in [1.29, 1.82) is 0 Å². The smallest absolute Gasteiger partial charge is 0.215 e. The molecule has 3 aromatic rings. The van der Waals surface area contributed by atoms with Crippen molar-refractivity contribution in [3.8, 4) is 5.75 Å². The van der Waals surface area contributed by atoms with Crippen molar-refractivity contribution in [1.82, 2.24) is 4.98 Å². The monoisotopic (exact) mass is 307 g/mol. The van der Waals surface area contributed by atoms with Crippen LogP contribution < -0.4 is 0 Å². The highest BCUT2D eigenvalue weighted by Gasteiger charge is 2.22. The van der Waals surface area contributed by atoms with E-state index in [2.05, 4.69) is 4.98 Å². The third-order valence-corrected chi connectivity index (χ3v) is 3.53. The second-order valence-corrected chi connectivity index (χ2v) is 4.87. The molecule has 4 nitrogen and oxygen atoms in total. The fraction of sp³-hybridized carbons (Fsp3) is 0. The minimum atomic E-state index is -0.340. The fourth-order valence-electron chi connectivity index (χ4n) is 1.91. The van der Waals surface area contributed by atoms with Gasteiger partial charge in [0.25, 0.3) is 0 Å². The van der Waals surface area contributed by atoms with E-state index in [1.807, 2.05) is 0 Å². The minimum absolute atomic E-state index is 0.0134. The van der Waals surface area contributed by atoms with E-state index in [1.54, 1.807) is 18.2 Å². The second-order valence-electron chi connectivity index (χ2n) is 4.09. The van der Waals surface area contributed by atoms with Crippen LogP contribution in [0.15, 0.2) is 41.1 Å². The Kier molecular flexibility index (Phi) is 3.12. The first-order chi connectivity index (χ1) is 9.59. The maximum Gasteiger partial charge on any atom is 0.215 e. The van der Waals surface area contributed by atoms with E-state index in [1.165, 1.54) is 18.5 Å². The molecule has 0 atom stereocenters. The zero-order valence-corrected chi connectivity index (χ0v) is 11.4. The molecule has 0 aliphatic rings. The van der Waals surface area contributed by atoms with Crippen LogP contribution in [0, 0.1) is 0 Å². The Morgan fingerprint density at radius 1 is 1.30 bits per heavy atom. The Labute approximate surface area is 123 Å². The molecule has 0 saturated carbocycles. The molecule has 0 radical (unpaired) electrons. The molecule has 100 valence electrons. The number of halogens is 2. The van der Waals surface area contributed by atoms with Crippen molar-refractivity contribution in [2.45, 2.75) is 0 Å². The standard InChI is InChI=1S/C14H7Cl2NO3/c15-8-5-10-11(12(16)14(8)19)7(6-20-10)13(18)9-3-1-2-4-17-9/h1-6,19H. The third-order valence-electron chi connectivity index (χ3n) is 2.87. The molecule has 1 aromatic carbocycles. The number of fused-ring (bicyclic) bond motifs is 1. The van der Waals surface area contributed by atoms with E-state index in [9.17, 15) is 9.90 Å². The lowest BCUT2D eigenvalue weighted by Crippen LogP contribution is -2.02. The molecule has 0 bridgehead atoms. The zero-order valence-electron chi connectivity index (χ0n) is 9.93. The number of furan rings is 1. The van der Waals surface area contributed by atoms with Crippen LogP contribution in [0.5, 0.6) is 5.75 Å². The van der Waals surface area contributed by atoms with Crippen molar-refractivity contribution in [3.05, 3.63) is 58.0 Å². The van der Waals surface area contributed by atoms with E-state index < -0.39 is 0 Å². The number of carbonyl (C=O) groups is 1. The number of aromatic nitrogens is 1. The quantitative estimate of drug-likeness (QED) is 0.725. The number of pyridine rings is 1. The number of phenols is 1. The van der Waals surface area contributed by atoms with Gasteiger partial charge in [0.05, 0.1) is 21.0 Å². The number of ketones is 1. The lowest BCUT2D eigenvalue weighted by Gasteiger charge is -2.02. The summed E-state index contributed by atoms with van der Waals surface area (Å²) in [6.45, 7) is 0. The summed E-state index contributed by atoms with van der Waals surface area (Å²) in [4.78, 5) is 16.4. The van der Waals surface area contributed by atoms with Gasteiger partial charge in [-0.2, -0.15) is 0 Å². The average Bonchev–Trinajstić information content (AvgIpc) is 2.88. The predicted molar refractivity (Wildman–Crippen MR) is 75.6 cm³/mol. The Bertz CT molecular complexity index is 812. The first kappa shape index (κ1) is 13.0. The van der Waals surface area contributed by atoms with E-state index in [-0.39, 0.29) is 32.8 Å². The van der Waals surface area contributed by atoms with Gasteiger partial charge >= 0.3 is 0 Å². The molecule has 0 aliphatic carbocycles. The number of aromatic hydroxyl groups is 1. The summed E-state index contributed by atoms with van der Waals surface area (Å²) >= 11 is 11.8. The molecule has 0 spiro atoms. The van der Waals surface area contributed by atoms with Crippen LogP contribution in [0.2, 0.25) is 10.0 Å². The zero-order chi connectivity index (χ0) is 14.3. The summed E-state index contributed by atoms with van der Waals surface area (Å²) in [7, 11) is 0. The molecule has 2 aromatic heterocycles. The molecule has 0 amide bonds. The summed E-state index contributed by atoms with van der Waals surface area (Å²) in [6.07, 6.45) is 2.80. The van der Waals surface area contributed by atoms with Crippen molar-refractivity contribution in [3.63, 3.8) is 0 Å². The Hall–Kier alpha value is -2.04. The number of hydrogen-bond donors (Lipinski definition) is 1. The van der Waals surface area contributed by atoms with Crippen molar-refractivity contribution in [2.75, 3.05) is 0 Å². The maximum absolute atomic E-state index is 12.4. The number of benzene rings is 1. The summed E-state index contributed by atoms with van der Waals surface area (Å²) in [5, 5.41) is 10.1. The molecular formula is C14H7Cl2NO3. The van der Waals surface area contributed by atoms with Gasteiger partial charge in [-0.05, 0) is 12.1 Å². The van der Waals surface area contributed by atoms with Gasteiger partial charge in [-0.25, -0.2) is 0 Å². The van der Waals surface area contributed by atoms with Gasteiger partial charge in [0, 0.05) is 12.3 Å². The van der Waals surface area contributed by atoms with E-state index in [0.717, 1.165) is 0 Å². The highest BCUT2D eigenvalue weighted by Crippen LogP contribution is 2.40. The van der Waals surface area contributed by atoms with Crippen LogP contribution in [0.4, 0.5) is 0 Å². The normalized spacial score (nSPS) is 10.9. The van der Waals surface area contributed by atoms with Crippen LogP contribution in [-0.2, 0) is 0 Å². The van der Waals surface area contributed by atoms with Gasteiger partial charge < -0.3 is 9.52 Å². The van der Waals surface area contributed by atoms with Gasteiger partial charge in [0.1, 0.15) is 17.5 Å². The van der Waals surface area contributed by atoms with Crippen molar-refractivity contribution < 1.29 is 14.3 Å². The number of nitrogens with zero attached hydrogens (tertiary/aromatic N) is 1. The third kappa shape index (κ3) is 1.94. The number of hydrogen-bond acceptors (Lipinski definition) is 4. The number of rotatable bonds is 2. The van der Waals surface area contributed by atoms with Crippen LogP contribution in [0.25, 0.3) is 11.0 Å². The molecule has 0 fully saturated rings. The number of phenolic OH excluding ortho intramolecular Hbond substituents is 1. The topological polar surface area (TPSA) is 63.3 Å². The summed E-state index contributed by atoms with van der Waals surface area (Å²) < 4.78 is 5.28. The second kappa shape index (κ2) is 4.81. The Morgan fingerprint density at radius 3 is 2.80 bits per heavy atom. The molecular weight excluding hydrogens is 301 g/mol. The van der Waals surface area contributed by atoms with Gasteiger partial charge in [0.2, 0.25) is 5.78 Å². The maximum atomic E-state index is 12.4. The lowest BCUT2D eigenvalue weighted by atomic mass is 10.1. The Balaban J connectivity index is 2.23. The molecule has 0 saturated heterocycles. The molecule has 3 rings (SSSR count). The van der Waals surface area contributed by atoms with Crippen molar-refractivity contribution in [2.24, 2.45) is 0 Å². The molecule has 20 heavy (non-hydrogen) atoms. The van der Waals surface area contributed by atoms with Crippen LogP contribution in [-0.4, -0.2) is 15.9 Å². The fourth-order valence-corrected chi connectivity index (χ4v) is 2.45. The van der Waals surface area contributed by atoms with E-state index in [4.69, 9.17) is 27.6 Å². The average molecular weight is 308 g/mol. The van der Waals surface area contributed by atoms with Gasteiger partial charge in [-0.3, -0.25) is 9.78 Å². The summed E-state index contributed by atoms with van der Waals surface area (Å²) in [5.74, 6) is -0.620. The van der Waals surface area contributed by atoms with Crippen LogP contribution >= 0.6 is 23.2 Å².